The summed E-state index contributed by atoms with van der Waals surface area (Å²) < 4.78 is 0. The average Bonchev–Trinajstić information content (AvgIpc) is 3.57. The van der Waals surface area contributed by atoms with Gasteiger partial charge in [0.05, 0.1) is 12.4 Å². The van der Waals surface area contributed by atoms with Crippen LogP contribution in [0.5, 0.6) is 0 Å². The first-order valence-corrected chi connectivity index (χ1v) is 12.8. The molecule has 10 N–H and O–H groups in total. The first-order valence-electron chi connectivity index (χ1n) is 12.8. The van der Waals surface area contributed by atoms with Crippen molar-refractivity contribution in [2.24, 2.45) is 11.5 Å². The first-order chi connectivity index (χ1) is 18.7. The van der Waals surface area contributed by atoms with E-state index >= 15 is 0 Å². The number of carboxylic acid groups (broad SMARTS) is 1. The summed E-state index contributed by atoms with van der Waals surface area (Å²) in [5.41, 5.74) is 13.4. The number of nitrogens with two attached hydrogens (primary N) is 2. The number of carbonyl (C=O) groups is 4. The van der Waals surface area contributed by atoms with Gasteiger partial charge < -0.3 is 42.5 Å². The summed E-state index contributed by atoms with van der Waals surface area (Å²) in [5.74, 6) is -3.02. The fraction of sp³-hybridized carbons (Fsp3) is 0.423. The van der Waals surface area contributed by atoms with Crippen molar-refractivity contribution in [3.05, 3.63) is 54.2 Å². The monoisotopic (exact) mass is 540 g/mol. The van der Waals surface area contributed by atoms with E-state index in [1.807, 2.05) is 24.3 Å². The van der Waals surface area contributed by atoms with Gasteiger partial charge in [-0.15, -0.1) is 0 Å². The van der Waals surface area contributed by atoms with Crippen molar-refractivity contribution in [3.63, 3.8) is 0 Å². The van der Waals surface area contributed by atoms with Crippen LogP contribution in [0.3, 0.4) is 0 Å². The number of aliphatic carboxylic acids is 1. The van der Waals surface area contributed by atoms with Gasteiger partial charge in [-0.2, -0.15) is 0 Å². The number of hydrogen-bond donors (Lipinski definition) is 8. The summed E-state index contributed by atoms with van der Waals surface area (Å²) in [5, 5.41) is 18.4. The zero-order chi connectivity index (χ0) is 28.4. The molecule has 0 aliphatic carbocycles. The highest BCUT2D eigenvalue weighted by Gasteiger charge is 2.31. The quantitative estimate of drug-likeness (QED) is 0.119. The molecule has 0 unspecified atom stereocenters. The maximum absolute atomic E-state index is 13.4. The summed E-state index contributed by atoms with van der Waals surface area (Å²) in [4.78, 5) is 61.0. The second-order valence-corrected chi connectivity index (χ2v) is 9.44. The number of benzene rings is 1. The molecule has 0 spiro atoms. The number of para-hydroxylation sites is 1. The number of amides is 3. The molecule has 3 rings (SSSR count). The van der Waals surface area contributed by atoms with Gasteiger partial charge in [0, 0.05) is 41.8 Å². The van der Waals surface area contributed by atoms with Crippen LogP contribution in [0.15, 0.2) is 43.0 Å². The van der Waals surface area contributed by atoms with E-state index < -0.39 is 47.9 Å². The predicted molar refractivity (Wildman–Crippen MR) is 144 cm³/mol. The van der Waals surface area contributed by atoms with E-state index in [4.69, 9.17) is 11.5 Å². The molecule has 2 aromatic heterocycles. The molecule has 0 radical (unpaired) electrons. The summed E-state index contributed by atoms with van der Waals surface area (Å²) in [6.07, 6.45) is 6.19. The summed E-state index contributed by atoms with van der Waals surface area (Å²) in [6, 6.07) is 3.28. The van der Waals surface area contributed by atoms with Crippen molar-refractivity contribution in [1.29, 1.82) is 0 Å². The third kappa shape index (κ3) is 8.38. The summed E-state index contributed by atoms with van der Waals surface area (Å²) in [7, 11) is 0. The van der Waals surface area contributed by atoms with Gasteiger partial charge >= 0.3 is 5.97 Å². The van der Waals surface area contributed by atoms with E-state index in [0.29, 0.717) is 25.1 Å². The number of carbonyl (C=O) groups excluding carboxylic acids is 3. The van der Waals surface area contributed by atoms with Crippen molar-refractivity contribution < 1.29 is 24.3 Å². The number of aromatic amines is 2. The molecular weight excluding hydrogens is 504 g/mol. The van der Waals surface area contributed by atoms with E-state index in [1.54, 1.807) is 6.20 Å². The molecule has 0 saturated carbocycles. The molecule has 2 heterocycles. The van der Waals surface area contributed by atoms with Crippen LogP contribution < -0.4 is 27.4 Å². The molecule has 0 bridgehead atoms. The molecule has 210 valence electrons. The topological polar surface area (TPSA) is 221 Å². The van der Waals surface area contributed by atoms with E-state index in [2.05, 4.69) is 30.9 Å². The molecule has 3 aromatic rings. The third-order valence-corrected chi connectivity index (χ3v) is 6.32. The minimum absolute atomic E-state index is 0.0720. The van der Waals surface area contributed by atoms with Crippen LogP contribution in [0.2, 0.25) is 0 Å². The summed E-state index contributed by atoms with van der Waals surface area (Å²) >= 11 is 0. The van der Waals surface area contributed by atoms with Gasteiger partial charge in [-0.25, -0.2) is 9.78 Å². The van der Waals surface area contributed by atoms with E-state index in [9.17, 15) is 24.3 Å². The molecule has 0 saturated heterocycles. The maximum atomic E-state index is 13.4. The molecule has 3 amide bonds. The molecule has 39 heavy (non-hydrogen) atoms. The van der Waals surface area contributed by atoms with Gasteiger partial charge in [-0.3, -0.25) is 14.4 Å². The SMILES string of the molecule is C[C@H](N)C(=O)N[C@@H](Cc1cnc[nH]1)C(=O)N[C@@H](Cc1c[nH]c2ccccc12)C(=O)N[C@@H](CCCCN)C(=O)O. The molecule has 4 atom stereocenters. The van der Waals surface area contributed by atoms with E-state index in [0.717, 1.165) is 16.5 Å². The molecular formula is C26H36N8O5. The average molecular weight is 541 g/mol. The van der Waals surface area contributed by atoms with Gasteiger partial charge in [0.15, 0.2) is 0 Å². The zero-order valence-corrected chi connectivity index (χ0v) is 21.8. The predicted octanol–water partition coefficient (Wildman–Crippen LogP) is -0.309. The Labute approximate surface area is 225 Å². The molecule has 0 fully saturated rings. The Kier molecular flexibility index (Phi) is 10.6. The number of H-pyrrole nitrogens is 2. The standard InChI is InChI=1S/C26H36N8O5/c1-15(28)23(35)33-22(11-17-13-29-14-31-17)25(37)34-21(10-16-12-30-19-7-3-2-6-18(16)19)24(36)32-20(26(38)39)8-4-5-9-27/h2-3,6-7,12-15,20-22,30H,4-5,8-11,27-28H2,1H3,(H,29,31)(H,32,36)(H,33,35)(H,34,37)(H,38,39)/t15-,20-,21-,22-/m0/s1. The van der Waals surface area contributed by atoms with E-state index in [-0.39, 0.29) is 19.3 Å². The van der Waals surface area contributed by atoms with Gasteiger partial charge in [0.2, 0.25) is 17.7 Å². The second-order valence-electron chi connectivity index (χ2n) is 9.44. The second kappa shape index (κ2) is 14.1. The number of aromatic nitrogens is 3. The first kappa shape index (κ1) is 29.3. The van der Waals surface area contributed by atoms with Crippen LogP contribution in [0.4, 0.5) is 0 Å². The minimum Gasteiger partial charge on any atom is -0.480 e. The molecule has 0 aliphatic rings. The van der Waals surface area contributed by atoms with Crippen LogP contribution in [-0.4, -0.2) is 74.5 Å². The minimum atomic E-state index is -1.18. The normalized spacial score (nSPS) is 14.2. The van der Waals surface area contributed by atoms with Gasteiger partial charge in [-0.1, -0.05) is 18.2 Å². The fourth-order valence-corrected chi connectivity index (χ4v) is 4.15. The largest absolute Gasteiger partial charge is 0.480 e. The van der Waals surface area contributed by atoms with Crippen LogP contribution >= 0.6 is 0 Å². The molecule has 13 heteroatoms. The highest BCUT2D eigenvalue weighted by Crippen LogP contribution is 2.19. The van der Waals surface area contributed by atoms with Crippen molar-refractivity contribution in [2.45, 2.75) is 63.2 Å². The van der Waals surface area contributed by atoms with Gasteiger partial charge in [-0.05, 0) is 44.4 Å². The Bertz CT molecular complexity index is 1260. The van der Waals surface area contributed by atoms with Crippen LogP contribution in [0.1, 0.15) is 37.4 Å². The van der Waals surface area contributed by atoms with Crippen LogP contribution in [0, 0.1) is 0 Å². The Hall–Kier alpha value is -4.23. The lowest BCUT2D eigenvalue weighted by molar-refractivity contribution is -0.142. The fourth-order valence-electron chi connectivity index (χ4n) is 4.15. The van der Waals surface area contributed by atoms with Crippen molar-refractivity contribution in [2.75, 3.05) is 6.54 Å². The number of unbranched alkanes of at least 4 members (excludes halogenated alkanes) is 1. The molecule has 1 aromatic carbocycles. The number of nitrogens with one attached hydrogen (secondary N) is 5. The number of carboxylic acids is 1. The Morgan fingerprint density at radius 1 is 0.949 bits per heavy atom. The Morgan fingerprint density at radius 2 is 1.62 bits per heavy atom. The third-order valence-electron chi connectivity index (χ3n) is 6.32. The highest BCUT2D eigenvalue weighted by atomic mass is 16.4. The van der Waals surface area contributed by atoms with E-state index in [1.165, 1.54) is 19.4 Å². The maximum Gasteiger partial charge on any atom is 0.326 e. The van der Waals surface area contributed by atoms with Gasteiger partial charge in [0.25, 0.3) is 0 Å². The zero-order valence-electron chi connectivity index (χ0n) is 21.8. The summed E-state index contributed by atoms with van der Waals surface area (Å²) in [6.45, 7) is 1.90. The number of rotatable bonds is 15. The Morgan fingerprint density at radius 3 is 2.26 bits per heavy atom. The lowest BCUT2D eigenvalue weighted by atomic mass is 10.0. The highest BCUT2D eigenvalue weighted by molar-refractivity contribution is 5.95. The smallest absolute Gasteiger partial charge is 0.326 e. The van der Waals surface area contributed by atoms with Crippen molar-refractivity contribution >= 4 is 34.6 Å². The number of fused-ring (bicyclic) bond motifs is 1. The molecule has 13 nitrogen and oxygen atoms in total. The van der Waals surface area contributed by atoms with Crippen molar-refractivity contribution in [1.82, 2.24) is 30.9 Å². The van der Waals surface area contributed by atoms with Gasteiger partial charge in [0.1, 0.15) is 18.1 Å². The lowest BCUT2D eigenvalue weighted by Gasteiger charge is -2.25. The lowest BCUT2D eigenvalue weighted by Crippen LogP contribution is -2.58. The Balaban J connectivity index is 1.85. The van der Waals surface area contributed by atoms with Crippen LogP contribution in [0.25, 0.3) is 10.9 Å². The van der Waals surface area contributed by atoms with Crippen molar-refractivity contribution in [3.8, 4) is 0 Å². The molecule has 0 aliphatic heterocycles. The number of imidazole rings is 1. The van der Waals surface area contributed by atoms with Crippen LogP contribution in [-0.2, 0) is 32.0 Å². The number of nitrogens with zero attached hydrogens (tertiary/aromatic N) is 1. The number of hydrogen-bond acceptors (Lipinski definition) is 7.